The number of imidazole rings is 1. The summed E-state index contributed by atoms with van der Waals surface area (Å²) < 4.78 is 4.73. The normalized spacial score (nSPS) is 16.5. The summed E-state index contributed by atoms with van der Waals surface area (Å²) >= 11 is 0. The fourth-order valence-electron chi connectivity index (χ4n) is 6.44. The fraction of sp³-hybridized carbons (Fsp3) is 0.595. The first-order valence-electron chi connectivity index (χ1n) is 17.7. The maximum Gasteiger partial charge on any atom is 0.404 e. The second-order valence-electron chi connectivity index (χ2n) is 13.6. The molecule has 0 saturated heterocycles. The number of benzene rings is 1. The number of H-pyrrole nitrogens is 1. The zero-order chi connectivity index (χ0) is 35.6. The summed E-state index contributed by atoms with van der Waals surface area (Å²) in [6.07, 6.45) is 11.4. The lowest BCUT2D eigenvalue weighted by Crippen LogP contribution is -2.57. The standard InChI is InChI=1S/C37H56N6O6/c1-4-28(25(2)3)21-33(44)30(19-26-13-7-5-8-14-26)42-36(47)32(22-29-23-39-24-40-29)43-35(46)31(20-27-15-9-6-10-16-27)41-34(45)17-11-12-18-49-37(38)48/h4,6,9-10,15-16,23-26,28,30-33,44H,1,5,7-8,11-14,17-22H2,2-3H3,(H2,38,48)(H,39,40)(H,41,45)(H,42,47)(H,43,46)/t28-,30-,31-,32-,33+/m0/s1. The molecule has 0 radical (unpaired) electrons. The molecule has 49 heavy (non-hydrogen) atoms. The van der Waals surface area contributed by atoms with Gasteiger partial charge in [0.1, 0.15) is 12.1 Å². The summed E-state index contributed by atoms with van der Waals surface area (Å²) in [6.45, 7) is 8.24. The van der Waals surface area contributed by atoms with E-state index in [1.165, 1.54) is 12.7 Å². The quantitative estimate of drug-likeness (QED) is 0.0846. The SMILES string of the molecule is C=C[C@@H](C[C@@H](O)[C@H](CC1CCCCC1)NC(=O)[C@H](Cc1c[nH]cn1)NC(=O)[C@H](Cc1ccccc1)NC(=O)CCCCOC(N)=O)C(C)C. The van der Waals surface area contributed by atoms with Crippen LogP contribution < -0.4 is 21.7 Å². The van der Waals surface area contributed by atoms with Crippen LogP contribution in [0.4, 0.5) is 4.79 Å². The van der Waals surface area contributed by atoms with Gasteiger partial charge >= 0.3 is 6.09 Å². The molecule has 7 N–H and O–H groups in total. The maximum atomic E-state index is 14.1. The highest BCUT2D eigenvalue weighted by Gasteiger charge is 2.33. The number of nitrogens with zero attached hydrogens (tertiary/aromatic N) is 1. The average Bonchev–Trinajstić information content (AvgIpc) is 3.60. The number of nitrogens with two attached hydrogens (primary N) is 1. The molecule has 1 aliphatic rings. The first-order valence-corrected chi connectivity index (χ1v) is 17.7. The van der Waals surface area contributed by atoms with Crippen molar-refractivity contribution in [1.82, 2.24) is 25.9 Å². The van der Waals surface area contributed by atoms with E-state index < -0.39 is 42.1 Å². The summed E-state index contributed by atoms with van der Waals surface area (Å²) in [7, 11) is 0. The monoisotopic (exact) mass is 680 g/mol. The molecule has 1 aromatic heterocycles. The van der Waals surface area contributed by atoms with Gasteiger partial charge in [0.05, 0.1) is 30.8 Å². The molecule has 2 aromatic rings. The molecule has 1 aliphatic carbocycles. The molecule has 270 valence electrons. The van der Waals surface area contributed by atoms with Crippen LogP contribution >= 0.6 is 0 Å². The highest BCUT2D eigenvalue weighted by Crippen LogP contribution is 2.30. The van der Waals surface area contributed by atoms with Gasteiger partial charge in [-0.3, -0.25) is 14.4 Å². The van der Waals surface area contributed by atoms with Gasteiger partial charge in [-0.25, -0.2) is 9.78 Å². The van der Waals surface area contributed by atoms with E-state index in [0.717, 1.165) is 31.2 Å². The molecule has 0 bridgehead atoms. The van der Waals surface area contributed by atoms with E-state index in [-0.39, 0.29) is 43.6 Å². The van der Waals surface area contributed by atoms with Crippen LogP contribution in [0, 0.1) is 17.8 Å². The van der Waals surface area contributed by atoms with Crippen molar-refractivity contribution in [2.24, 2.45) is 23.5 Å². The molecule has 4 amide bonds. The predicted molar refractivity (Wildman–Crippen MR) is 188 cm³/mol. The van der Waals surface area contributed by atoms with Gasteiger partial charge in [0.25, 0.3) is 0 Å². The number of aromatic amines is 1. The van der Waals surface area contributed by atoms with Crippen LogP contribution in [-0.4, -0.2) is 69.7 Å². The molecule has 1 saturated carbocycles. The average molecular weight is 681 g/mol. The lowest BCUT2D eigenvalue weighted by molar-refractivity contribution is -0.132. The maximum absolute atomic E-state index is 14.1. The third-order valence-electron chi connectivity index (χ3n) is 9.35. The van der Waals surface area contributed by atoms with Crippen LogP contribution in [0.3, 0.4) is 0 Å². The largest absolute Gasteiger partial charge is 0.450 e. The van der Waals surface area contributed by atoms with E-state index in [0.29, 0.717) is 37.3 Å². The Hall–Kier alpha value is -4.19. The minimum atomic E-state index is -1.02. The lowest BCUT2D eigenvalue weighted by atomic mass is 9.81. The van der Waals surface area contributed by atoms with Crippen LogP contribution in [-0.2, 0) is 32.0 Å². The van der Waals surface area contributed by atoms with Gasteiger partial charge in [0.2, 0.25) is 17.7 Å². The molecule has 0 spiro atoms. The van der Waals surface area contributed by atoms with E-state index in [2.05, 4.69) is 46.3 Å². The zero-order valence-electron chi connectivity index (χ0n) is 29.1. The highest BCUT2D eigenvalue weighted by atomic mass is 16.5. The van der Waals surface area contributed by atoms with Crippen molar-refractivity contribution in [2.75, 3.05) is 6.61 Å². The van der Waals surface area contributed by atoms with Crippen molar-refractivity contribution in [3.8, 4) is 0 Å². The van der Waals surface area contributed by atoms with Crippen molar-refractivity contribution >= 4 is 23.8 Å². The second-order valence-corrected chi connectivity index (χ2v) is 13.6. The van der Waals surface area contributed by atoms with Gasteiger partial charge in [-0.1, -0.05) is 82.4 Å². The number of rotatable bonds is 21. The number of allylic oxidation sites excluding steroid dienone is 1. The predicted octanol–water partition coefficient (Wildman–Crippen LogP) is 4.09. The Morgan fingerprint density at radius 2 is 1.71 bits per heavy atom. The number of carbonyl (C=O) groups is 4. The Bertz CT molecular complexity index is 1300. The number of ether oxygens (including phenoxy) is 1. The summed E-state index contributed by atoms with van der Waals surface area (Å²) in [5.41, 5.74) is 6.41. The van der Waals surface area contributed by atoms with Crippen LogP contribution in [0.1, 0.15) is 89.3 Å². The smallest absolute Gasteiger partial charge is 0.404 e. The number of hydrogen-bond acceptors (Lipinski definition) is 7. The Balaban J connectivity index is 1.78. The number of primary amides is 1. The lowest BCUT2D eigenvalue weighted by Gasteiger charge is -2.33. The number of carbonyl (C=O) groups excluding carboxylic acids is 4. The van der Waals surface area contributed by atoms with E-state index >= 15 is 0 Å². The molecule has 5 atom stereocenters. The number of aliphatic hydroxyl groups is 1. The van der Waals surface area contributed by atoms with Gasteiger partial charge in [0.15, 0.2) is 0 Å². The van der Waals surface area contributed by atoms with Crippen molar-refractivity contribution in [1.29, 1.82) is 0 Å². The van der Waals surface area contributed by atoms with Gasteiger partial charge in [-0.15, -0.1) is 6.58 Å². The van der Waals surface area contributed by atoms with Crippen LogP contribution in [0.15, 0.2) is 55.5 Å². The molecule has 0 aliphatic heterocycles. The van der Waals surface area contributed by atoms with Crippen molar-refractivity contribution < 1.29 is 29.0 Å². The first kappa shape index (κ1) is 39.3. The Morgan fingerprint density at radius 3 is 2.35 bits per heavy atom. The number of hydrogen-bond donors (Lipinski definition) is 6. The van der Waals surface area contributed by atoms with Crippen molar-refractivity contribution in [2.45, 2.75) is 115 Å². The minimum Gasteiger partial charge on any atom is -0.450 e. The van der Waals surface area contributed by atoms with E-state index in [4.69, 9.17) is 10.5 Å². The molecular formula is C37H56N6O6. The molecule has 1 aromatic carbocycles. The van der Waals surface area contributed by atoms with Gasteiger partial charge in [-0.2, -0.15) is 0 Å². The molecule has 0 unspecified atom stereocenters. The van der Waals surface area contributed by atoms with E-state index in [9.17, 15) is 24.3 Å². The number of unbranched alkanes of at least 4 members (excludes halogenated alkanes) is 1. The summed E-state index contributed by atoms with van der Waals surface area (Å²) in [6, 6.07) is 6.82. The van der Waals surface area contributed by atoms with Crippen LogP contribution in [0.5, 0.6) is 0 Å². The molecular weight excluding hydrogens is 624 g/mol. The Kier molecular flexibility index (Phi) is 16.8. The molecule has 3 rings (SSSR count). The van der Waals surface area contributed by atoms with Gasteiger partial charge in [0, 0.05) is 25.5 Å². The first-order chi connectivity index (χ1) is 23.5. The highest BCUT2D eigenvalue weighted by molar-refractivity contribution is 5.92. The summed E-state index contributed by atoms with van der Waals surface area (Å²) in [5.74, 6) is -0.525. The molecule has 1 fully saturated rings. The Labute approximate surface area is 290 Å². The topological polar surface area (TPSA) is 189 Å². The third kappa shape index (κ3) is 14.4. The fourth-order valence-corrected chi connectivity index (χ4v) is 6.44. The number of nitrogens with one attached hydrogen (secondary N) is 4. The number of amides is 4. The summed E-state index contributed by atoms with van der Waals surface area (Å²) in [5, 5.41) is 20.3. The number of aromatic nitrogens is 2. The molecule has 12 nitrogen and oxygen atoms in total. The Morgan fingerprint density at radius 1 is 1.02 bits per heavy atom. The second kappa shape index (κ2) is 21.0. The van der Waals surface area contributed by atoms with Crippen LogP contribution in [0.2, 0.25) is 0 Å². The van der Waals surface area contributed by atoms with E-state index in [1.807, 2.05) is 36.4 Å². The number of aliphatic hydroxyl groups excluding tert-OH is 1. The minimum absolute atomic E-state index is 0.0818. The van der Waals surface area contributed by atoms with Crippen LogP contribution in [0.25, 0.3) is 0 Å². The van der Waals surface area contributed by atoms with Gasteiger partial charge in [-0.05, 0) is 49.0 Å². The molecule has 12 heteroatoms. The van der Waals surface area contributed by atoms with Crippen molar-refractivity contribution in [3.05, 3.63) is 66.8 Å². The zero-order valence-corrected chi connectivity index (χ0v) is 29.1. The third-order valence-corrected chi connectivity index (χ3v) is 9.35. The summed E-state index contributed by atoms with van der Waals surface area (Å²) in [4.78, 5) is 58.9. The molecule has 1 heterocycles. The van der Waals surface area contributed by atoms with E-state index in [1.54, 1.807) is 6.20 Å². The van der Waals surface area contributed by atoms with Crippen molar-refractivity contribution in [3.63, 3.8) is 0 Å². The van der Waals surface area contributed by atoms with Gasteiger partial charge < -0.3 is 36.5 Å².